The van der Waals surface area contributed by atoms with Gasteiger partial charge in [0.05, 0.1) is 12.1 Å². The van der Waals surface area contributed by atoms with Crippen molar-refractivity contribution in [3.8, 4) is 0 Å². The second kappa shape index (κ2) is 7.87. The Balaban J connectivity index is 1.58. The van der Waals surface area contributed by atoms with Crippen molar-refractivity contribution in [1.29, 1.82) is 0 Å². The van der Waals surface area contributed by atoms with Gasteiger partial charge in [-0.15, -0.1) is 0 Å². The molecule has 0 saturated heterocycles. The van der Waals surface area contributed by atoms with Crippen molar-refractivity contribution in [3.05, 3.63) is 35.8 Å². The van der Waals surface area contributed by atoms with E-state index in [1.165, 1.54) is 6.07 Å². The van der Waals surface area contributed by atoms with Crippen LogP contribution in [0.4, 0.5) is 4.39 Å². The summed E-state index contributed by atoms with van der Waals surface area (Å²) in [7, 11) is 0. The van der Waals surface area contributed by atoms with Crippen molar-refractivity contribution in [3.63, 3.8) is 0 Å². The molecule has 1 aliphatic rings. The number of benzene rings is 1. The zero-order valence-corrected chi connectivity index (χ0v) is 14.7. The Morgan fingerprint density at radius 3 is 2.88 bits per heavy atom. The highest BCUT2D eigenvalue weighted by Crippen LogP contribution is 2.29. The molecule has 6 heteroatoms. The number of nitrogens with one attached hydrogen (secondary N) is 3. The Morgan fingerprint density at radius 1 is 1.32 bits per heavy atom. The van der Waals surface area contributed by atoms with Crippen molar-refractivity contribution >= 4 is 16.9 Å². The maximum Gasteiger partial charge on any atom is 0.191 e. The van der Waals surface area contributed by atoms with E-state index in [9.17, 15) is 9.50 Å². The van der Waals surface area contributed by atoms with Gasteiger partial charge < -0.3 is 20.7 Å². The van der Waals surface area contributed by atoms with Gasteiger partial charge in [-0.2, -0.15) is 0 Å². The largest absolute Gasteiger partial charge is 0.388 e. The van der Waals surface area contributed by atoms with Crippen LogP contribution >= 0.6 is 0 Å². The van der Waals surface area contributed by atoms with Gasteiger partial charge in [0.25, 0.3) is 0 Å². The molecule has 1 saturated carbocycles. The summed E-state index contributed by atoms with van der Waals surface area (Å²) in [5.74, 6) is 0.495. The van der Waals surface area contributed by atoms with Gasteiger partial charge in [-0.25, -0.2) is 4.39 Å². The number of fused-ring (bicyclic) bond motifs is 1. The molecule has 0 amide bonds. The average molecular weight is 346 g/mol. The highest BCUT2D eigenvalue weighted by atomic mass is 19.1. The van der Waals surface area contributed by atoms with E-state index < -0.39 is 5.60 Å². The van der Waals surface area contributed by atoms with Crippen molar-refractivity contribution in [2.75, 3.05) is 19.6 Å². The predicted molar refractivity (Wildman–Crippen MR) is 99.4 cm³/mol. The number of rotatable bonds is 6. The van der Waals surface area contributed by atoms with Gasteiger partial charge >= 0.3 is 0 Å². The molecule has 4 N–H and O–H groups in total. The maximum atomic E-state index is 13.4. The first-order valence-electron chi connectivity index (χ1n) is 9.10. The first-order chi connectivity index (χ1) is 12.1. The van der Waals surface area contributed by atoms with Gasteiger partial charge in [0.1, 0.15) is 5.82 Å². The smallest absolute Gasteiger partial charge is 0.191 e. The molecule has 0 aliphatic heterocycles. The van der Waals surface area contributed by atoms with E-state index >= 15 is 0 Å². The Hall–Kier alpha value is -2.08. The quantitative estimate of drug-likeness (QED) is 0.480. The number of aromatic amines is 1. The van der Waals surface area contributed by atoms with E-state index in [-0.39, 0.29) is 5.82 Å². The highest BCUT2D eigenvalue weighted by Gasteiger charge is 2.30. The SMILES string of the molecule is CCNC(=NCC1(O)CCCC1)NCCc1c[nH]c2ccc(F)cc12. The van der Waals surface area contributed by atoms with E-state index in [1.807, 2.05) is 13.1 Å². The molecule has 0 atom stereocenters. The minimum Gasteiger partial charge on any atom is -0.388 e. The van der Waals surface area contributed by atoms with Crippen LogP contribution in [0.25, 0.3) is 10.9 Å². The molecular weight excluding hydrogens is 319 g/mol. The molecule has 0 unspecified atom stereocenters. The molecule has 0 spiro atoms. The number of aliphatic hydroxyl groups is 1. The Bertz CT molecular complexity index is 734. The normalized spacial score (nSPS) is 17.2. The molecule has 1 heterocycles. The van der Waals surface area contributed by atoms with Gasteiger partial charge in [0.15, 0.2) is 5.96 Å². The van der Waals surface area contributed by atoms with Gasteiger partial charge in [-0.05, 0) is 49.9 Å². The van der Waals surface area contributed by atoms with Gasteiger partial charge in [0.2, 0.25) is 0 Å². The number of H-pyrrole nitrogens is 1. The summed E-state index contributed by atoms with van der Waals surface area (Å²) >= 11 is 0. The lowest BCUT2D eigenvalue weighted by Crippen LogP contribution is -2.40. The third-order valence-corrected chi connectivity index (χ3v) is 4.83. The molecule has 1 aromatic carbocycles. The lowest BCUT2D eigenvalue weighted by atomic mass is 10.0. The van der Waals surface area contributed by atoms with Gasteiger partial charge in [-0.3, -0.25) is 4.99 Å². The molecule has 2 aromatic rings. The van der Waals surface area contributed by atoms with Crippen LogP contribution in [0.15, 0.2) is 29.4 Å². The fourth-order valence-corrected chi connectivity index (χ4v) is 3.43. The molecule has 0 bridgehead atoms. The molecule has 136 valence electrons. The van der Waals surface area contributed by atoms with E-state index in [0.717, 1.165) is 55.1 Å². The fraction of sp³-hybridized carbons (Fsp3) is 0.526. The van der Waals surface area contributed by atoms with Crippen LogP contribution in [-0.2, 0) is 6.42 Å². The van der Waals surface area contributed by atoms with Crippen molar-refractivity contribution < 1.29 is 9.50 Å². The lowest BCUT2D eigenvalue weighted by molar-refractivity contribution is 0.0574. The zero-order chi connectivity index (χ0) is 17.7. The summed E-state index contributed by atoms with van der Waals surface area (Å²) in [4.78, 5) is 7.71. The monoisotopic (exact) mass is 346 g/mol. The number of hydrogen-bond acceptors (Lipinski definition) is 2. The van der Waals surface area contributed by atoms with Crippen molar-refractivity contribution in [2.24, 2.45) is 4.99 Å². The van der Waals surface area contributed by atoms with Crippen molar-refractivity contribution in [1.82, 2.24) is 15.6 Å². The Labute approximate surface area is 147 Å². The third-order valence-electron chi connectivity index (χ3n) is 4.83. The first-order valence-corrected chi connectivity index (χ1v) is 9.10. The fourth-order valence-electron chi connectivity index (χ4n) is 3.43. The first kappa shape index (κ1) is 17.7. The lowest BCUT2D eigenvalue weighted by Gasteiger charge is -2.20. The third kappa shape index (κ3) is 4.51. The number of guanidine groups is 1. The minimum absolute atomic E-state index is 0.221. The van der Waals surface area contributed by atoms with Gasteiger partial charge in [-0.1, -0.05) is 12.8 Å². The molecule has 0 radical (unpaired) electrons. The van der Waals surface area contributed by atoms with Crippen LogP contribution in [-0.4, -0.2) is 41.3 Å². The van der Waals surface area contributed by atoms with Crippen LogP contribution in [0.5, 0.6) is 0 Å². The molecular formula is C19H27FN4O. The zero-order valence-electron chi connectivity index (χ0n) is 14.7. The number of aliphatic imine (C=N–C) groups is 1. The van der Waals surface area contributed by atoms with E-state index in [2.05, 4.69) is 20.6 Å². The Morgan fingerprint density at radius 2 is 2.12 bits per heavy atom. The highest BCUT2D eigenvalue weighted by molar-refractivity contribution is 5.83. The molecule has 25 heavy (non-hydrogen) atoms. The van der Waals surface area contributed by atoms with E-state index in [1.54, 1.807) is 12.1 Å². The van der Waals surface area contributed by atoms with E-state index in [0.29, 0.717) is 19.0 Å². The molecule has 1 aliphatic carbocycles. The maximum absolute atomic E-state index is 13.4. The molecule has 1 aromatic heterocycles. The molecule has 3 rings (SSSR count). The molecule has 1 fully saturated rings. The van der Waals surface area contributed by atoms with Crippen LogP contribution in [0, 0.1) is 5.82 Å². The summed E-state index contributed by atoms with van der Waals surface area (Å²) in [5, 5.41) is 17.9. The summed E-state index contributed by atoms with van der Waals surface area (Å²) in [5.41, 5.74) is 1.38. The number of halogens is 1. The Kier molecular flexibility index (Phi) is 5.58. The summed E-state index contributed by atoms with van der Waals surface area (Å²) < 4.78 is 13.4. The topological polar surface area (TPSA) is 72.4 Å². The van der Waals surface area contributed by atoms with E-state index in [4.69, 9.17) is 0 Å². The summed E-state index contributed by atoms with van der Waals surface area (Å²) in [6.45, 7) is 3.90. The number of nitrogens with zero attached hydrogens (tertiary/aromatic N) is 1. The average Bonchev–Trinajstić information content (AvgIpc) is 3.20. The number of hydrogen-bond donors (Lipinski definition) is 4. The standard InChI is InChI=1S/C19H27FN4O/c1-2-21-18(24-13-19(25)8-3-4-9-19)22-10-7-14-12-23-17-6-5-15(20)11-16(14)17/h5-6,11-12,23,25H,2-4,7-10,13H2,1H3,(H2,21,22,24). The predicted octanol–water partition coefficient (Wildman–Crippen LogP) is 2.71. The minimum atomic E-state index is -0.642. The van der Waals surface area contributed by atoms with Crippen LogP contribution in [0.2, 0.25) is 0 Å². The summed E-state index contributed by atoms with van der Waals surface area (Å²) in [6, 6.07) is 4.79. The van der Waals surface area contributed by atoms with Crippen LogP contribution < -0.4 is 10.6 Å². The van der Waals surface area contributed by atoms with Crippen molar-refractivity contribution in [2.45, 2.75) is 44.6 Å². The summed E-state index contributed by atoms with van der Waals surface area (Å²) in [6.07, 6.45) is 6.50. The van der Waals surface area contributed by atoms with Crippen LogP contribution in [0.1, 0.15) is 38.2 Å². The second-order valence-corrected chi connectivity index (χ2v) is 6.81. The second-order valence-electron chi connectivity index (χ2n) is 6.81. The van der Waals surface area contributed by atoms with Gasteiger partial charge in [0, 0.05) is 30.2 Å². The number of aromatic nitrogens is 1. The van der Waals surface area contributed by atoms with Crippen LogP contribution in [0.3, 0.4) is 0 Å². The molecule has 5 nitrogen and oxygen atoms in total.